The van der Waals surface area contributed by atoms with Crippen LogP contribution in [0.1, 0.15) is 20.3 Å². The summed E-state index contributed by atoms with van der Waals surface area (Å²) in [4.78, 5) is 1.33. The first-order valence-corrected chi connectivity index (χ1v) is 6.73. The minimum atomic E-state index is 0.443. The van der Waals surface area contributed by atoms with Gasteiger partial charge in [0.15, 0.2) is 0 Å². The van der Waals surface area contributed by atoms with E-state index in [9.17, 15) is 0 Å². The van der Waals surface area contributed by atoms with Gasteiger partial charge >= 0.3 is 0 Å². The van der Waals surface area contributed by atoms with E-state index in [1.54, 1.807) is 7.11 Å². The molecule has 1 aromatic rings. The van der Waals surface area contributed by atoms with Gasteiger partial charge in [0.1, 0.15) is 0 Å². The Balaban J connectivity index is 2.57. The van der Waals surface area contributed by atoms with Crippen LogP contribution < -0.4 is 5.32 Å². The lowest BCUT2D eigenvalue weighted by atomic mass is 10.2. The summed E-state index contributed by atoms with van der Waals surface area (Å²) in [6.07, 6.45) is 1.03. The maximum Gasteiger partial charge on any atom is 0.0481 e. The number of rotatable bonds is 7. The molecule has 1 unspecified atom stereocenters. The van der Waals surface area contributed by atoms with E-state index in [1.807, 2.05) is 11.8 Å². The van der Waals surface area contributed by atoms with E-state index in [4.69, 9.17) is 4.74 Å². The van der Waals surface area contributed by atoms with Crippen LogP contribution >= 0.6 is 11.8 Å². The number of para-hydroxylation sites is 1. The van der Waals surface area contributed by atoms with Crippen LogP contribution in [0.5, 0.6) is 0 Å². The second kappa shape index (κ2) is 7.58. The lowest BCUT2D eigenvalue weighted by molar-refractivity contribution is 0.191. The summed E-state index contributed by atoms with van der Waals surface area (Å²) in [7, 11) is 1.74. The predicted octanol–water partition coefficient (Wildman–Crippen LogP) is 3.64. The van der Waals surface area contributed by atoms with E-state index in [1.165, 1.54) is 10.6 Å². The van der Waals surface area contributed by atoms with Crippen molar-refractivity contribution in [2.45, 2.75) is 31.2 Å². The Bertz CT molecular complexity index is 304. The van der Waals surface area contributed by atoms with Crippen molar-refractivity contribution in [3.05, 3.63) is 24.3 Å². The third-order valence-corrected chi connectivity index (χ3v) is 3.30. The first kappa shape index (κ1) is 13.4. The van der Waals surface area contributed by atoms with Gasteiger partial charge in [-0.25, -0.2) is 0 Å². The fourth-order valence-electron chi connectivity index (χ4n) is 1.50. The molecule has 0 saturated heterocycles. The molecule has 1 rings (SSSR count). The van der Waals surface area contributed by atoms with Crippen LogP contribution in [0.15, 0.2) is 29.2 Å². The molecule has 0 amide bonds. The standard InChI is InChI=1S/C13H21NOS/c1-4-16-13-8-6-5-7-12(13)14-11(2)9-10-15-3/h5-8,11,14H,4,9-10H2,1-3H3. The summed E-state index contributed by atoms with van der Waals surface area (Å²) in [5, 5.41) is 3.53. The Morgan fingerprint density at radius 2 is 2.12 bits per heavy atom. The summed E-state index contributed by atoms with van der Waals surface area (Å²) >= 11 is 1.87. The molecule has 1 atom stereocenters. The van der Waals surface area contributed by atoms with Gasteiger partial charge in [0.2, 0.25) is 0 Å². The molecule has 0 radical (unpaired) electrons. The highest BCUT2D eigenvalue weighted by molar-refractivity contribution is 7.99. The highest BCUT2D eigenvalue weighted by Crippen LogP contribution is 2.27. The molecule has 0 spiro atoms. The zero-order valence-corrected chi connectivity index (χ0v) is 11.1. The van der Waals surface area contributed by atoms with Crippen molar-refractivity contribution in [3.63, 3.8) is 0 Å². The molecule has 0 aliphatic carbocycles. The summed E-state index contributed by atoms with van der Waals surface area (Å²) < 4.78 is 5.08. The molecule has 0 aliphatic rings. The van der Waals surface area contributed by atoms with E-state index in [2.05, 4.69) is 43.4 Å². The van der Waals surface area contributed by atoms with Gasteiger partial charge in [-0.15, -0.1) is 11.8 Å². The van der Waals surface area contributed by atoms with Crippen molar-refractivity contribution in [2.24, 2.45) is 0 Å². The fourth-order valence-corrected chi connectivity index (χ4v) is 2.27. The Hall–Kier alpha value is -0.670. The van der Waals surface area contributed by atoms with Gasteiger partial charge in [-0.2, -0.15) is 0 Å². The number of anilines is 1. The molecule has 0 fully saturated rings. The van der Waals surface area contributed by atoms with Gasteiger partial charge in [0, 0.05) is 30.3 Å². The Labute approximate surface area is 103 Å². The molecule has 16 heavy (non-hydrogen) atoms. The first-order valence-electron chi connectivity index (χ1n) is 5.75. The van der Waals surface area contributed by atoms with E-state index >= 15 is 0 Å². The zero-order chi connectivity index (χ0) is 11.8. The summed E-state index contributed by atoms with van der Waals surface area (Å²) in [5.74, 6) is 1.10. The van der Waals surface area contributed by atoms with Gasteiger partial charge in [-0.1, -0.05) is 19.1 Å². The Morgan fingerprint density at radius 1 is 1.38 bits per heavy atom. The van der Waals surface area contributed by atoms with Gasteiger partial charge in [-0.3, -0.25) is 0 Å². The van der Waals surface area contributed by atoms with Crippen molar-refractivity contribution in [2.75, 3.05) is 24.8 Å². The molecule has 0 aliphatic heterocycles. The van der Waals surface area contributed by atoms with Crippen molar-refractivity contribution >= 4 is 17.4 Å². The number of benzene rings is 1. The monoisotopic (exact) mass is 239 g/mol. The van der Waals surface area contributed by atoms with Crippen LogP contribution in [0, 0.1) is 0 Å². The maximum atomic E-state index is 5.08. The van der Waals surface area contributed by atoms with E-state index in [0.29, 0.717) is 6.04 Å². The molecule has 90 valence electrons. The normalized spacial score (nSPS) is 12.4. The highest BCUT2D eigenvalue weighted by Gasteiger charge is 2.05. The van der Waals surface area contributed by atoms with E-state index < -0.39 is 0 Å². The van der Waals surface area contributed by atoms with E-state index in [-0.39, 0.29) is 0 Å². The SMILES string of the molecule is CCSc1ccccc1NC(C)CCOC. The quantitative estimate of drug-likeness (QED) is 0.734. The van der Waals surface area contributed by atoms with Gasteiger partial charge in [0.05, 0.1) is 0 Å². The van der Waals surface area contributed by atoms with Crippen molar-refractivity contribution in [3.8, 4) is 0 Å². The Morgan fingerprint density at radius 3 is 2.81 bits per heavy atom. The molecule has 0 heterocycles. The van der Waals surface area contributed by atoms with Crippen LogP contribution in [0.25, 0.3) is 0 Å². The number of ether oxygens (including phenoxy) is 1. The first-order chi connectivity index (χ1) is 7.77. The zero-order valence-electron chi connectivity index (χ0n) is 10.3. The lowest BCUT2D eigenvalue weighted by Crippen LogP contribution is -2.17. The van der Waals surface area contributed by atoms with Crippen LogP contribution in [0.3, 0.4) is 0 Å². The third-order valence-electron chi connectivity index (χ3n) is 2.34. The minimum Gasteiger partial charge on any atom is -0.385 e. The highest BCUT2D eigenvalue weighted by atomic mass is 32.2. The third kappa shape index (κ3) is 4.45. The molecular formula is C13H21NOS. The molecule has 1 aromatic carbocycles. The minimum absolute atomic E-state index is 0.443. The topological polar surface area (TPSA) is 21.3 Å². The number of thioether (sulfide) groups is 1. The van der Waals surface area contributed by atoms with Crippen LogP contribution in [-0.2, 0) is 4.74 Å². The average Bonchev–Trinajstić information content (AvgIpc) is 2.29. The number of hydrogen-bond acceptors (Lipinski definition) is 3. The molecule has 0 saturated carbocycles. The van der Waals surface area contributed by atoms with Gasteiger partial charge in [0.25, 0.3) is 0 Å². The van der Waals surface area contributed by atoms with Crippen molar-refractivity contribution in [1.29, 1.82) is 0 Å². The number of methoxy groups -OCH3 is 1. The molecule has 2 nitrogen and oxygen atoms in total. The smallest absolute Gasteiger partial charge is 0.0481 e. The van der Waals surface area contributed by atoms with Crippen LogP contribution in [-0.4, -0.2) is 25.5 Å². The average molecular weight is 239 g/mol. The number of nitrogens with one attached hydrogen (secondary N) is 1. The molecular weight excluding hydrogens is 218 g/mol. The fraction of sp³-hybridized carbons (Fsp3) is 0.538. The Kier molecular flexibility index (Phi) is 6.34. The van der Waals surface area contributed by atoms with Gasteiger partial charge in [-0.05, 0) is 31.2 Å². The second-order valence-electron chi connectivity index (χ2n) is 3.76. The second-order valence-corrected chi connectivity index (χ2v) is 5.06. The molecule has 1 N–H and O–H groups in total. The van der Waals surface area contributed by atoms with Crippen LogP contribution in [0.2, 0.25) is 0 Å². The molecule has 0 aromatic heterocycles. The molecule has 3 heteroatoms. The summed E-state index contributed by atoms with van der Waals surface area (Å²) in [6.45, 7) is 5.17. The van der Waals surface area contributed by atoms with Crippen molar-refractivity contribution < 1.29 is 4.74 Å². The number of hydrogen-bond donors (Lipinski definition) is 1. The predicted molar refractivity (Wildman–Crippen MR) is 72.4 cm³/mol. The lowest BCUT2D eigenvalue weighted by Gasteiger charge is -2.17. The van der Waals surface area contributed by atoms with E-state index in [0.717, 1.165) is 18.8 Å². The van der Waals surface area contributed by atoms with Gasteiger partial charge < -0.3 is 10.1 Å². The molecule has 0 bridgehead atoms. The largest absolute Gasteiger partial charge is 0.385 e. The maximum absolute atomic E-state index is 5.08. The van der Waals surface area contributed by atoms with Crippen molar-refractivity contribution in [1.82, 2.24) is 0 Å². The summed E-state index contributed by atoms with van der Waals surface area (Å²) in [6, 6.07) is 8.91. The van der Waals surface area contributed by atoms with Crippen LogP contribution in [0.4, 0.5) is 5.69 Å². The summed E-state index contributed by atoms with van der Waals surface area (Å²) in [5.41, 5.74) is 1.23.